The van der Waals surface area contributed by atoms with Crippen LogP contribution in [0.4, 0.5) is 0 Å². The van der Waals surface area contributed by atoms with Crippen molar-refractivity contribution in [3.05, 3.63) is 29.3 Å². The first-order valence-electron chi connectivity index (χ1n) is 9.11. The summed E-state index contributed by atoms with van der Waals surface area (Å²) in [6, 6.07) is 7.21. The van der Waals surface area contributed by atoms with Crippen molar-refractivity contribution in [3.63, 3.8) is 0 Å². The summed E-state index contributed by atoms with van der Waals surface area (Å²) in [4.78, 5) is 0. The Morgan fingerprint density at radius 3 is 2.55 bits per heavy atom. The minimum Gasteiger partial charge on any atom is -0.487 e. The Labute approximate surface area is 136 Å². The van der Waals surface area contributed by atoms with Gasteiger partial charge in [0.25, 0.3) is 0 Å². The average Bonchev–Trinajstić information content (AvgIpc) is 2.54. The summed E-state index contributed by atoms with van der Waals surface area (Å²) in [7, 11) is 0. The van der Waals surface area contributed by atoms with Gasteiger partial charge in [0, 0.05) is 18.0 Å². The van der Waals surface area contributed by atoms with E-state index >= 15 is 0 Å². The highest BCUT2D eigenvalue weighted by atomic mass is 16.5. The number of rotatable bonds is 7. The highest BCUT2D eigenvalue weighted by molar-refractivity contribution is 5.43. The van der Waals surface area contributed by atoms with Crippen LogP contribution in [0.2, 0.25) is 0 Å². The summed E-state index contributed by atoms with van der Waals surface area (Å²) in [5.41, 5.74) is 2.76. The zero-order chi connectivity index (χ0) is 16.2. The molecule has 0 fully saturated rings. The Morgan fingerprint density at radius 2 is 1.95 bits per heavy atom. The van der Waals surface area contributed by atoms with Crippen LogP contribution in [-0.2, 0) is 0 Å². The van der Waals surface area contributed by atoms with Gasteiger partial charge in [0.15, 0.2) is 0 Å². The normalized spacial score (nSPS) is 19.8. The number of ether oxygens (including phenoxy) is 1. The number of fused-ring (bicyclic) bond motifs is 1. The third-order valence-corrected chi connectivity index (χ3v) is 5.19. The number of benzene rings is 1. The lowest BCUT2D eigenvalue weighted by Crippen LogP contribution is -2.43. The van der Waals surface area contributed by atoms with Gasteiger partial charge in [-0.05, 0) is 43.4 Å². The Balaban J connectivity index is 2.32. The fraction of sp³-hybridized carbons (Fsp3) is 0.700. The van der Waals surface area contributed by atoms with Gasteiger partial charge < -0.3 is 10.1 Å². The largest absolute Gasteiger partial charge is 0.487 e. The molecule has 124 valence electrons. The van der Waals surface area contributed by atoms with E-state index in [0.29, 0.717) is 12.0 Å². The van der Waals surface area contributed by atoms with Crippen molar-refractivity contribution in [2.24, 2.45) is 0 Å². The summed E-state index contributed by atoms with van der Waals surface area (Å²) >= 11 is 0. The van der Waals surface area contributed by atoms with Gasteiger partial charge in [-0.15, -0.1) is 0 Å². The maximum atomic E-state index is 6.45. The van der Waals surface area contributed by atoms with Gasteiger partial charge in [-0.2, -0.15) is 0 Å². The number of hydrogen-bond donors (Lipinski definition) is 1. The predicted molar refractivity (Wildman–Crippen MR) is 94.7 cm³/mol. The fourth-order valence-corrected chi connectivity index (χ4v) is 3.37. The van der Waals surface area contributed by atoms with Crippen LogP contribution in [0.1, 0.15) is 89.8 Å². The molecule has 1 heterocycles. The fourth-order valence-electron chi connectivity index (χ4n) is 3.37. The van der Waals surface area contributed by atoms with Crippen molar-refractivity contribution < 1.29 is 4.74 Å². The van der Waals surface area contributed by atoms with Crippen LogP contribution < -0.4 is 10.1 Å². The summed E-state index contributed by atoms with van der Waals surface area (Å²) in [5, 5.41) is 3.79. The highest BCUT2D eigenvalue weighted by Gasteiger charge is 2.38. The average molecular weight is 303 g/mol. The van der Waals surface area contributed by atoms with Crippen LogP contribution in [0, 0.1) is 0 Å². The van der Waals surface area contributed by atoms with E-state index in [1.54, 1.807) is 0 Å². The maximum absolute atomic E-state index is 6.45. The Bertz CT molecular complexity index is 477. The van der Waals surface area contributed by atoms with E-state index in [9.17, 15) is 0 Å². The monoisotopic (exact) mass is 303 g/mol. The molecule has 1 aliphatic rings. The van der Waals surface area contributed by atoms with Crippen LogP contribution in [0.15, 0.2) is 18.2 Å². The second-order valence-corrected chi connectivity index (χ2v) is 7.01. The molecule has 0 saturated heterocycles. The van der Waals surface area contributed by atoms with Crippen LogP contribution >= 0.6 is 0 Å². The van der Waals surface area contributed by atoms with Crippen molar-refractivity contribution in [3.8, 4) is 5.75 Å². The predicted octanol–water partition coefficient (Wildman–Crippen LogP) is 5.58. The molecular formula is C20H33NO. The molecule has 1 N–H and O–H groups in total. The van der Waals surface area contributed by atoms with E-state index < -0.39 is 0 Å². The smallest absolute Gasteiger partial charge is 0.124 e. The zero-order valence-corrected chi connectivity index (χ0v) is 15.0. The lowest BCUT2D eigenvalue weighted by molar-refractivity contribution is 0.0227. The third kappa shape index (κ3) is 3.65. The van der Waals surface area contributed by atoms with Crippen molar-refractivity contribution in [2.45, 2.75) is 84.3 Å². The number of unbranched alkanes of at least 4 members (excludes halogenated alkanes) is 1. The Hall–Kier alpha value is -1.02. The van der Waals surface area contributed by atoms with Crippen molar-refractivity contribution in [1.29, 1.82) is 0 Å². The summed E-state index contributed by atoms with van der Waals surface area (Å²) in [6.45, 7) is 12.4. The van der Waals surface area contributed by atoms with Crippen LogP contribution in [0.5, 0.6) is 5.75 Å². The molecule has 0 radical (unpaired) electrons. The molecule has 0 saturated carbocycles. The lowest BCUT2D eigenvalue weighted by atomic mass is 9.82. The van der Waals surface area contributed by atoms with Crippen LogP contribution in [-0.4, -0.2) is 12.1 Å². The van der Waals surface area contributed by atoms with Gasteiger partial charge in [0.05, 0.1) is 0 Å². The Kier molecular flexibility index (Phi) is 5.91. The minimum atomic E-state index is -0.00374. The van der Waals surface area contributed by atoms with E-state index in [1.165, 1.54) is 24.0 Å². The maximum Gasteiger partial charge on any atom is 0.124 e. The molecule has 0 bridgehead atoms. The standard InChI is InChI=1S/C20H33NO/c1-6-9-12-21-18-14-20(7-2,8-3)22-19-11-10-16(15(4)5)13-17(18)19/h10-11,13,15,18,21H,6-9,12,14H2,1-5H3. The number of nitrogens with one attached hydrogen (secondary N) is 1. The first kappa shape index (κ1) is 17.3. The molecule has 2 heteroatoms. The van der Waals surface area contributed by atoms with Gasteiger partial charge in [-0.25, -0.2) is 0 Å². The summed E-state index contributed by atoms with van der Waals surface area (Å²) < 4.78 is 6.45. The molecule has 0 spiro atoms. The quantitative estimate of drug-likeness (QED) is 0.664. The van der Waals surface area contributed by atoms with Crippen molar-refractivity contribution in [1.82, 2.24) is 5.32 Å². The van der Waals surface area contributed by atoms with Crippen LogP contribution in [0.25, 0.3) is 0 Å². The topological polar surface area (TPSA) is 21.3 Å². The summed E-state index contributed by atoms with van der Waals surface area (Å²) in [5.74, 6) is 1.65. The highest BCUT2D eigenvalue weighted by Crippen LogP contribution is 2.43. The molecule has 1 unspecified atom stereocenters. The molecule has 2 rings (SSSR count). The van der Waals surface area contributed by atoms with Gasteiger partial charge in [0.2, 0.25) is 0 Å². The Morgan fingerprint density at radius 1 is 1.23 bits per heavy atom. The van der Waals surface area contributed by atoms with E-state index in [-0.39, 0.29) is 5.60 Å². The lowest BCUT2D eigenvalue weighted by Gasteiger charge is -2.42. The number of hydrogen-bond acceptors (Lipinski definition) is 2. The summed E-state index contributed by atoms with van der Waals surface area (Å²) in [6.07, 6.45) is 5.70. The molecule has 0 aliphatic carbocycles. The van der Waals surface area contributed by atoms with Gasteiger partial charge >= 0.3 is 0 Å². The molecule has 1 aromatic carbocycles. The minimum absolute atomic E-state index is 0.00374. The first-order valence-corrected chi connectivity index (χ1v) is 9.11. The van der Waals surface area contributed by atoms with Gasteiger partial charge in [0.1, 0.15) is 11.4 Å². The van der Waals surface area contributed by atoms with Crippen molar-refractivity contribution in [2.75, 3.05) is 6.54 Å². The molecule has 1 aliphatic heterocycles. The third-order valence-electron chi connectivity index (χ3n) is 5.19. The van der Waals surface area contributed by atoms with E-state index in [4.69, 9.17) is 4.74 Å². The molecule has 1 atom stereocenters. The van der Waals surface area contributed by atoms with Crippen LogP contribution in [0.3, 0.4) is 0 Å². The SMILES string of the molecule is CCCCNC1CC(CC)(CC)Oc2ccc(C(C)C)cc21. The van der Waals surface area contributed by atoms with E-state index in [1.807, 2.05) is 0 Å². The second-order valence-electron chi connectivity index (χ2n) is 7.01. The van der Waals surface area contributed by atoms with E-state index in [2.05, 4.69) is 58.1 Å². The van der Waals surface area contributed by atoms with Gasteiger partial charge in [-0.3, -0.25) is 0 Å². The molecular weight excluding hydrogens is 270 g/mol. The first-order chi connectivity index (χ1) is 10.5. The molecule has 1 aromatic rings. The second kappa shape index (κ2) is 7.50. The molecule has 0 aromatic heterocycles. The van der Waals surface area contributed by atoms with E-state index in [0.717, 1.165) is 31.6 Å². The van der Waals surface area contributed by atoms with Crippen molar-refractivity contribution >= 4 is 0 Å². The zero-order valence-electron chi connectivity index (χ0n) is 15.0. The molecule has 22 heavy (non-hydrogen) atoms. The molecule has 0 amide bonds. The molecule has 2 nitrogen and oxygen atoms in total. The van der Waals surface area contributed by atoms with Gasteiger partial charge in [-0.1, -0.05) is 53.2 Å².